The minimum absolute atomic E-state index is 0.00542. The van der Waals surface area contributed by atoms with E-state index in [2.05, 4.69) is 89.4 Å². The zero-order valence-corrected chi connectivity index (χ0v) is 65.9. The Morgan fingerprint density at radius 2 is 0.708 bits per heavy atom. The van der Waals surface area contributed by atoms with Gasteiger partial charge in [0.15, 0.2) is 17.9 Å². The highest BCUT2D eigenvalue weighted by molar-refractivity contribution is 6.00. The molecule has 1 aromatic rings. The minimum Gasteiger partial charge on any atom is -0.480 e. The molecule has 14 atom stereocenters. The van der Waals surface area contributed by atoms with Crippen LogP contribution in [0.3, 0.4) is 0 Å². The van der Waals surface area contributed by atoms with Crippen molar-refractivity contribution in [3.8, 4) is 0 Å². The van der Waals surface area contributed by atoms with Gasteiger partial charge < -0.3 is 135 Å². The third-order valence-electron chi connectivity index (χ3n) is 16.9. The maximum atomic E-state index is 14.4. The summed E-state index contributed by atoms with van der Waals surface area (Å²) in [6, 6.07) is -7.58. The summed E-state index contributed by atoms with van der Waals surface area (Å²) in [7, 11) is 0. The quantitative estimate of drug-likeness (QED) is 0.0164. The normalized spacial score (nSPS) is 14.8. The molecule has 14 amide bonds. The van der Waals surface area contributed by atoms with Crippen molar-refractivity contribution in [3.63, 3.8) is 0 Å². The van der Waals surface area contributed by atoms with Crippen molar-refractivity contribution < 1.29 is 92.3 Å². The van der Waals surface area contributed by atoms with Crippen LogP contribution in [-0.4, -0.2) is 258 Å². The number of guanidine groups is 3. The number of aliphatic hydroxyl groups excluding tert-OH is 3. The number of carboxylic acids is 1. The van der Waals surface area contributed by atoms with Gasteiger partial charge in [-0.3, -0.25) is 82.1 Å². The molecular formula is C70H122N24O19. The molecule has 0 aliphatic heterocycles. The second-order valence-corrected chi connectivity index (χ2v) is 28.4. The van der Waals surface area contributed by atoms with Crippen molar-refractivity contribution in [2.45, 2.75) is 219 Å². The minimum atomic E-state index is -1.77. The van der Waals surface area contributed by atoms with Gasteiger partial charge in [-0.05, 0) is 101 Å². The van der Waals surface area contributed by atoms with Crippen LogP contribution in [0.4, 0.5) is 0 Å². The van der Waals surface area contributed by atoms with Gasteiger partial charge in [-0.15, -0.1) is 0 Å². The molecule has 0 aliphatic rings. The molecule has 0 saturated carbocycles. The first-order valence-electron chi connectivity index (χ1n) is 37.3. The summed E-state index contributed by atoms with van der Waals surface area (Å²) < 4.78 is 0. The lowest BCUT2D eigenvalue weighted by Gasteiger charge is -2.29. The molecule has 0 aliphatic carbocycles. The molecule has 113 heavy (non-hydrogen) atoms. The summed E-state index contributed by atoms with van der Waals surface area (Å²) in [6.45, 7) is 12.1. The first-order chi connectivity index (χ1) is 53.0. The van der Waals surface area contributed by atoms with Gasteiger partial charge in [0.05, 0.1) is 45.0 Å². The van der Waals surface area contributed by atoms with Crippen LogP contribution >= 0.6 is 0 Å². The number of aliphatic carboxylic acids is 1. The molecule has 14 unspecified atom stereocenters. The van der Waals surface area contributed by atoms with Crippen molar-refractivity contribution in [3.05, 3.63) is 35.9 Å². The maximum absolute atomic E-state index is 14.4. The van der Waals surface area contributed by atoms with E-state index in [1.54, 1.807) is 85.7 Å². The van der Waals surface area contributed by atoms with Gasteiger partial charge in [-0.1, -0.05) is 92.1 Å². The molecule has 636 valence electrons. The number of aliphatic imine (C=N–C) groups is 3. The number of benzene rings is 1. The van der Waals surface area contributed by atoms with Gasteiger partial charge in [-0.25, -0.2) is 4.79 Å². The average Bonchev–Trinajstić information content (AvgIpc) is 0.850. The highest BCUT2D eigenvalue weighted by atomic mass is 16.4. The predicted molar refractivity (Wildman–Crippen MR) is 415 cm³/mol. The van der Waals surface area contributed by atoms with Crippen LogP contribution in [-0.2, 0) is 78.3 Å². The van der Waals surface area contributed by atoms with Gasteiger partial charge in [-0.2, -0.15) is 0 Å². The van der Waals surface area contributed by atoms with Crippen LogP contribution in [0.2, 0.25) is 0 Å². The Bertz CT molecular complexity index is 3390. The third kappa shape index (κ3) is 41.1. The second kappa shape index (κ2) is 53.0. The lowest BCUT2D eigenvalue weighted by Crippen LogP contribution is -2.60. The van der Waals surface area contributed by atoms with E-state index in [4.69, 9.17) is 40.1 Å². The number of carbonyl (C=O) groups excluding carboxylic acids is 14. The maximum Gasteiger partial charge on any atom is 0.328 e. The molecule has 43 nitrogen and oxygen atoms in total. The fraction of sp³-hybridized carbons (Fsp3) is 0.657. The number of aliphatic hydroxyl groups is 3. The van der Waals surface area contributed by atoms with Crippen molar-refractivity contribution >= 4 is 107 Å². The Labute approximate surface area is 656 Å². The number of rotatable bonds is 54. The van der Waals surface area contributed by atoms with Crippen LogP contribution < -0.4 is 115 Å². The van der Waals surface area contributed by atoms with E-state index in [1.807, 2.05) is 0 Å². The third-order valence-corrected chi connectivity index (χ3v) is 16.9. The van der Waals surface area contributed by atoms with Gasteiger partial charge in [0.25, 0.3) is 0 Å². The van der Waals surface area contributed by atoms with Gasteiger partial charge in [0, 0.05) is 26.1 Å². The number of carboxylic acid groups (broad SMARTS) is 1. The molecule has 0 fully saturated rings. The molecule has 0 saturated heterocycles. The number of amides is 14. The van der Waals surface area contributed by atoms with Crippen molar-refractivity contribution in [2.24, 2.45) is 78.8 Å². The summed E-state index contributed by atoms with van der Waals surface area (Å²) in [5.74, 6) is -16.6. The topological polar surface area (TPSA) is 725 Å². The average molecular weight is 1600 g/mol. The van der Waals surface area contributed by atoms with E-state index < -0.39 is 206 Å². The molecule has 1 aromatic carbocycles. The van der Waals surface area contributed by atoms with Gasteiger partial charge in [0.2, 0.25) is 82.7 Å². The Kier molecular flexibility index (Phi) is 46.8. The van der Waals surface area contributed by atoms with Crippen molar-refractivity contribution in [2.75, 3.05) is 52.4 Å². The second-order valence-electron chi connectivity index (χ2n) is 28.4. The SMILES string of the molecule is CCC(C)C(NC(=O)C(CCCN=C(N)N)NC(=O)C(CC(C)C)NC(=O)C(CC(C)C)NC(=O)C(CCCN=C(N)N)NC(=O)CNC(=O)C(NC(=O)CNC(=O)CNC(=O)C(NC(=O)C(CC(C)C)NC(=O)C(Cc1ccccc1)NC(=O)C(CCCN=C(N)N)NC(=O)CN)C(C)O)C(C)O)C(=O)NC(CO)C(=O)O. The summed E-state index contributed by atoms with van der Waals surface area (Å²) in [5.41, 5.74) is 39.0. The smallest absolute Gasteiger partial charge is 0.328 e. The first-order valence-corrected chi connectivity index (χ1v) is 37.3. The number of hydrogen-bond acceptors (Lipinski definition) is 22. The van der Waals surface area contributed by atoms with Gasteiger partial charge >= 0.3 is 5.97 Å². The van der Waals surface area contributed by atoms with Crippen LogP contribution in [0.1, 0.15) is 139 Å². The fourth-order valence-electron chi connectivity index (χ4n) is 10.8. The molecular weight excluding hydrogens is 1480 g/mol. The molecule has 0 aromatic heterocycles. The molecule has 32 N–H and O–H groups in total. The summed E-state index contributed by atoms with van der Waals surface area (Å²) in [5, 5.41) is 74.7. The molecule has 0 bridgehead atoms. The summed E-state index contributed by atoms with van der Waals surface area (Å²) in [4.78, 5) is 215. The standard InChI is InChI=1S/C70H122N24O19/c1-11-38(8)54(66(111)91-49(34-95)67(112)113)93-59(104)44(22-17-25-80-70(76)77)86-60(105)45(26-35(2)3)88-61(106)46(27-36(4)5)87-58(103)43(21-16-24-79-69(74)75)85-52(100)33-83-64(109)55(39(9)96)92-53(101)32-81-51(99)31-82-65(110)56(40(10)97)94-63(108)47(28-37(6)7)89-62(107)48(29-41-18-13-12-14-19-41)90-57(102)42(84-50(98)30-71)20-15-23-78-68(72)73/h12-14,18-19,35-40,42-49,54-56,95-97H,11,15-17,20-34,71H2,1-10H3,(H,81,99)(H,82,110)(H,83,109)(H,84,98)(H,85,100)(H,86,105)(H,87,103)(H,88,106)(H,89,107)(H,90,102)(H,91,111)(H,92,101)(H,93,104)(H,94,108)(H,112,113)(H4,72,73,78)(H4,74,75,79)(H4,76,77,80). The van der Waals surface area contributed by atoms with E-state index >= 15 is 0 Å². The van der Waals surface area contributed by atoms with Crippen LogP contribution in [0.25, 0.3) is 0 Å². The fourth-order valence-corrected chi connectivity index (χ4v) is 10.8. The largest absolute Gasteiger partial charge is 0.480 e. The van der Waals surface area contributed by atoms with E-state index in [1.165, 1.54) is 0 Å². The molecule has 43 heteroatoms. The monoisotopic (exact) mass is 1600 g/mol. The van der Waals surface area contributed by atoms with Crippen molar-refractivity contribution in [1.82, 2.24) is 74.4 Å². The van der Waals surface area contributed by atoms with Crippen LogP contribution in [0.5, 0.6) is 0 Å². The molecule has 0 radical (unpaired) electrons. The lowest BCUT2D eigenvalue weighted by molar-refractivity contribution is -0.143. The first kappa shape index (κ1) is 99.9. The van der Waals surface area contributed by atoms with Crippen molar-refractivity contribution in [1.29, 1.82) is 0 Å². The Balaban J connectivity index is 3.30. The molecule has 0 spiro atoms. The summed E-state index contributed by atoms with van der Waals surface area (Å²) in [6.07, 6.45) is -2.93. The van der Waals surface area contributed by atoms with Gasteiger partial charge in [0.1, 0.15) is 66.5 Å². The molecule has 0 heterocycles. The van der Waals surface area contributed by atoms with E-state index in [0.29, 0.717) is 12.0 Å². The number of nitrogens with two attached hydrogens (primary N) is 7. The number of nitrogens with one attached hydrogen (secondary N) is 14. The number of carbonyl (C=O) groups is 15. The lowest BCUT2D eigenvalue weighted by atomic mass is 9.97. The zero-order valence-electron chi connectivity index (χ0n) is 65.9. The zero-order chi connectivity index (χ0) is 85.8. The Morgan fingerprint density at radius 1 is 0.381 bits per heavy atom. The number of nitrogens with zero attached hydrogens (tertiary/aromatic N) is 3. The predicted octanol–water partition coefficient (Wildman–Crippen LogP) is -8.95. The highest BCUT2D eigenvalue weighted by Gasteiger charge is 2.38. The molecule has 1 rings (SSSR count). The van der Waals surface area contributed by atoms with E-state index in [0.717, 1.165) is 13.8 Å². The van der Waals surface area contributed by atoms with E-state index in [-0.39, 0.29) is 119 Å². The highest BCUT2D eigenvalue weighted by Crippen LogP contribution is 2.16. The van der Waals surface area contributed by atoms with Crippen LogP contribution in [0.15, 0.2) is 45.3 Å². The Morgan fingerprint density at radius 3 is 1.10 bits per heavy atom. The Hall–Kier alpha value is -11.1. The van der Waals surface area contributed by atoms with E-state index in [9.17, 15) is 92.3 Å². The number of hydrogen-bond donors (Lipinski definition) is 25. The summed E-state index contributed by atoms with van der Waals surface area (Å²) >= 11 is 0. The van der Waals surface area contributed by atoms with Crippen LogP contribution in [0, 0.1) is 23.7 Å².